The first kappa shape index (κ1) is 20.2. The lowest BCUT2D eigenvalue weighted by Gasteiger charge is -2.32. The summed E-state index contributed by atoms with van der Waals surface area (Å²) in [5.41, 5.74) is 2.93. The van der Waals surface area contributed by atoms with Gasteiger partial charge < -0.3 is 14.8 Å². The summed E-state index contributed by atoms with van der Waals surface area (Å²) in [5.74, 6) is 1.01. The average Bonchev–Trinajstić information content (AvgIpc) is 2.74. The second kappa shape index (κ2) is 9.60. The molecule has 1 heterocycles. The van der Waals surface area contributed by atoms with Gasteiger partial charge in [-0.05, 0) is 42.5 Å². The highest BCUT2D eigenvalue weighted by molar-refractivity contribution is 5.98. The second-order valence-electron chi connectivity index (χ2n) is 7.24. The summed E-state index contributed by atoms with van der Waals surface area (Å²) in [6, 6.07) is 14.5. The summed E-state index contributed by atoms with van der Waals surface area (Å²) in [5, 5.41) is 3.20. The van der Waals surface area contributed by atoms with Crippen molar-refractivity contribution < 1.29 is 14.3 Å². The number of aryl methyl sites for hydroxylation is 1. The normalized spacial score (nSPS) is 15.2. The van der Waals surface area contributed by atoms with E-state index in [0.29, 0.717) is 17.1 Å². The van der Waals surface area contributed by atoms with E-state index in [1.165, 1.54) is 5.56 Å². The predicted molar refractivity (Wildman–Crippen MR) is 111 cm³/mol. The van der Waals surface area contributed by atoms with Crippen molar-refractivity contribution in [2.24, 2.45) is 0 Å². The standard InChI is InChI=1S/C23H30N2O3/c1-4-17-14-20(22(28-3)21(15-17)27-2)23(26)24-19-10-12-25(13-11-19)16-18-8-6-5-7-9-18/h5-9,14-15,19H,4,10-13,16H2,1-3H3,(H,24,26). The number of hydrogen-bond acceptors (Lipinski definition) is 4. The molecule has 1 aliphatic heterocycles. The van der Waals surface area contributed by atoms with E-state index >= 15 is 0 Å². The molecule has 150 valence electrons. The van der Waals surface area contributed by atoms with Gasteiger partial charge in [0.2, 0.25) is 0 Å². The largest absolute Gasteiger partial charge is 0.493 e. The van der Waals surface area contributed by atoms with Gasteiger partial charge in [-0.2, -0.15) is 0 Å². The third-order valence-corrected chi connectivity index (χ3v) is 5.36. The molecular formula is C23H30N2O3. The number of amides is 1. The zero-order chi connectivity index (χ0) is 19.9. The highest BCUT2D eigenvalue weighted by Gasteiger charge is 2.24. The molecule has 1 N–H and O–H groups in total. The molecule has 0 aliphatic carbocycles. The number of carbonyl (C=O) groups is 1. The van der Waals surface area contributed by atoms with Gasteiger partial charge in [0.15, 0.2) is 11.5 Å². The highest BCUT2D eigenvalue weighted by atomic mass is 16.5. The van der Waals surface area contributed by atoms with Gasteiger partial charge in [-0.15, -0.1) is 0 Å². The van der Waals surface area contributed by atoms with Crippen molar-refractivity contribution >= 4 is 5.91 Å². The van der Waals surface area contributed by atoms with E-state index in [1.54, 1.807) is 14.2 Å². The number of ether oxygens (including phenoxy) is 2. The maximum atomic E-state index is 12.9. The molecule has 0 saturated carbocycles. The van der Waals surface area contributed by atoms with Crippen LogP contribution in [0.5, 0.6) is 11.5 Å². The molecule has 0 atom stereocenters. The van der Waals surface area contributed by atoms with Crippen molar-refractivity contribution in [1.82, 2.24) is 10.2 Å². The van der Waals surface area contributed by atoms with Crippen LogP contribution in [0.1, 0.15) is 41.3 Å². The van der Waals surface area contributed by atoms with Crippen LogP contribution in [0.25, 0.3) is 0 Å². The second-order valence-corrected chi connectivity index (χ2v) is 7.24. The Balaban J connectivity index is 1.61. The Bertz CT molecular complexity index is 784. The van der Waals surface area contributed by atoms with Gasteiger partial charge in [-0.3, -0.25) is 9.69 Å². The third kappa shape index (κ3) is 4.84. The molecule has 5 nitrogen and oxygen atoms in total. The van der Waals surface area contributed by atoms with Gasteiger partial charge in [0, 0.05) is 25.7 Å². The first-order valence-corrected chi connectivity index (χ1v) is 9.96. The quantitative estimate of drug-likeness (QED) is 0.794. The van der Waals surface area contributed by atoms with Crippen LogP contribution in [0.15, 0.2) is 42.5 Å². The zero-order valence-corrected chi connectivity index (χ0v) is 17.0. The van der Waals surface area contributed by atoms with Gasteiger partial charge in [-0.1, -0.05) is 37.3 Å². The molecular weight excluding hydrogens is 352 g/mol. The van der Waals surface area contributed by atoms with E-state index in [4.69, 9.17) is 9.47 Å². The highest BCUT2D eigenvalue weighted by Crippen LogP contribution is 2.33. The topological polar surface area (TPSA) is 50.8 Å². The summed E-state index contributed by atoms with van der Waals surface area (Å²) < 4.78 is 10.9. The summed E-state index contributed by atoms with van der Waals surface area (Å²) in [6.45, 7) is 4.99. The van der Waals surface area contributed by atoms with E-state index in [-0.39, 0.29) is 11.9 Å². The van der Waals surface area contributed by atoms with Crippen LogP contribution in [0.2, 0.25) is 0 Å². The Kier molecular flexibility index (Phi) is 6.93. The van der Waals surface area contributed by atoms with E-state index in [2.05, 4.69) is 41.4 Å². The molecule has 0 bridgehead atoms. The molecule has 1 amide bonds. The molecule has 0 spiro atoms. The number of methoxy groups -OCH3 is 2. The summed E-state index contributed by atoms with van der Waals surface area (Å²) in [4.78, 5) is 15.4. The lowest BCUT2D eigenvalue weighted by atomic mass is 10.0. The maximum Gasteiger partial charge on any atom is 0.255 e. The maximum absolute atomic E-state index is 12.9. The van der Waals surface area contributed by atoms with Crippen molar-refractivity contribution in [3.8, 4) is 11.5 Å². The molecule has 1 fully saturated rings. The van der Waals surface area contributed by atoms with Gasteiger partial charge in [0.05, 0.1) is 19.8 Å². The fourth-order valence-corrected chi connectivity index (χ4v) is 3.73. The monoisotopic (exact) mass is 382 g/mol. The number of piperidine rings is 1. The molecule has 1 aliphatic rings. The number of benzene rings is 2. The lowest BCUT2D eigenvalue weighted by Crippen LogP contribution is -2.44. The molecule has 2 aromatic carbocycles. The Labute approximate surface area is 167 Å². The van der Waals surface area contributed by atoms with Crippen LogP contribution < -0.4 is 14.8 Å². The summed E-state index contributed by atoms with van der Waals surface area (Å²) in [6.07, 6.45) is 2.73. The number of nitrogens with one attached hydrogen (secondary N) is 1. The first-order chi connectivity index (χ1) is 13.6. The van der Waals surface area contributed by atoms with Crippen molar-refractivity contribution in [2.75, 3.05) is 27.3 Å². The van der Waals surface area contributed by atoms with Crippen LogP contribution in [0.3, 0.4) is 0 Å². The van der Waals surface area contributed by atoms with E-state index in [1.807, 2.05) is 18.2 Å². The van der Waals surface area contributed by atoms with Gasteiger partial charge in [-0.25, -0.2) is 0 Å². The SMILES string of the molecule is CCc1cc(OC)c(OC)c(C(=O)NC2CCN(Cc3ccccc3)CC2)c1. The van der Waals surface area contributed by atoms with Crippen molar-refractivity contribution in [3.05, 3.63) is 59.2 Å². The first-order valence-electron chi connectivity index (χ1n) is 9.96. The average molecular weight is 383 g/mol. The van der Waals surface area contributed by atoms with Crippen LogP contribution in [-0.4, -0.2) is 44.2 Å². The smallest absolute Gasteiger partial charge is 0.255 e. The molecule has 28 heavy (non-hydrogen) atoms. The zero-order valence-electron chi connectivity index (χ0n) is 17.0. The molecule has 2 aromatic rings. The lowest BCUT2D eigenvalue weighted by molar-refractivity contribution is 0.0905. The number of rotatable bonds is 7. The van der Waals surface area contributed by atoms with Gasteiger partial charge >= 0.3 is 0 Å². The third-order valence-electron chi connectivity index (χ3n) is 5.36. The molecule has 5 heteroatoms. The van der Waals surface area contributed by atoms with E-state index < -0.39 is 0 Å². The summed E-state index contributed by atoms with van der Waals surface area (Å²) >= 11 is 0. The fraction of sp³-hybridized carbons (Fsp3) is 0.435. The number of likely N-dealkylation sites (tertiary alicyclic amines) is 1. The Morgan fingerprint density at radius 2 is 1.79 bits per heavy atom. The van der Waals surface area contributed by atoms with Crippen molar-refractivity contribution in [1.29, 1.82) is 0 Å². The molecule has 1 saturated heterocycles. The minimum atomic E-state index is -0.0908. The number of nitrogens with zero attached hydrogens (tertiary/aromatic N) is 1. The number of carbonyl (C=O) groups excluding carboxylic acids is 1. The van der Waals surface area contributed by atoms with Gasteiger partial charge in [0.25, 0.3) is 5.91 Å². The Hall–Kier alpha value is -2.53. The minimum Gasteiger partial charge on any atom is -0.493 e. The molecule has 0 aromatic heterocycles. The van der Waals surface area contributed by atoms with Crippen LogP contribution in [0, 0.1) is 0 Å². The Morgan fingerprint density at radius 1 is 1.07 bits per heavy atom. The van der Waals surface area contributed by atoms with Crippen molar-refractivity contribution in [3.63, 3.8) is 0 Å². The van der Waals surface area contributed by atoms with Gasteiger partial charge in [0.1, 0.15) is 0 Å². The van der Waals surface area contributed by atoms with Crippen molar-refractivity contribution in [2.45, 2.75) is 38.8 Å². The van der Waals surface area contributed by atoms with E-state index in [9.17, 15) is 4.79 Å². The van der Waals surface area contributed by atoms with Crippen LogP contribution in [-0.2, 0) is 13.0 Å². The van der Waals surface area contributed by atoms with Crippen LogP contribution in [0.4, 0.5) is 0 Å². The molecule has 3 rings (SSSR count). The molecule has 0 radical (unpaired) electrons. The fourth-order valence-electron chi connectivity index (χ4n) is 3.73. The molecule has 0 unspecified atom stereocenters. The van der Waals surface area contributed by atoms with E-state index in [0.717, 1.165) is 44.5 Å². The Morgan fingerprint density at radius 3 is 2.39 bits per heavy atom. The van der Waals surface area contributed by atoms with Crippen LogP contribution >= 0.6 is 0 Å². The minimum absolute atomic E-state index is 0.0908. The predicted octanol–water partition coefficient (Wildman–Crippen LogP) is 3.66. The number of hydrogen-bond donors (Lipinski definition) is 1. The summed E-state index contributed by atoms with van der Waals surface area (Å²) in [7, 11) is 3.17.